The Bertz CT molecular complexity index is 1580. The molecule has 224 valence electrons. The van der Waals surface area contributed by atoms with E-state index in [9.17, 15) is 18.0 Å². The highest BCUT2D eigenvalue weighted by Gasteiger charge is 2.49. The van der Waals surface area contributed by atoms with E-state index in [2.05, 4.69) is 9.97 Å². The molecule has 2 atom stereocenters. The number of rotatable bonds is 12. The molecule has 1 N–H and O–H groups in total. The van der Waals surface area contributed by atoms with Gasteiger partial charge in [-0.05, 0) is 60.9 Å². The summed E-state index contributed by atoms with van der Waals surface area (Å²) in [5.41, 5.74) is 2.48. The predicted molar refractivity (Wildman–Crippen MR) is 165 cm³/mol. The van der Waals surface area contributed by atoms with Crippen molar-refractivity contribution in [2.45, 2.75) is 62.1 Å². The second-order valence-corrected chi connectivity index (χ2v) is 13.1. The number of aromatic nitrogens is 2. The van der Waals surface area contributed by atoms with Crippen molar-refractivity contribution in [2.75, 3.05) is 11.4 Å². The number of nitrogens with zero attached hydrogens (tertiary/aromatic N) is 2. The number of cyclic esters (lactones) is 1. The summed E-state index contributed by atoms with van der Waals surface area (Å²) in [5.74, 6) is -2.06. The SMILES string of the molecule is CCC(c1cccc(N(C)S(=O)(=O)c2ncc[nH]2)c1)C1C(=O)CC(CCc2ccccc2)(CCc2ccccc2)OC1=O. The fourth-order valence-corrected chi connectivity index (χ4v) is 7.04. The molecule has 9 heteroatoms. The first kappa shape index (κ1) is 30.2. The number of H-pyrrole nitrogens is 1. The van der Waals surface area contributed by atoms with Gasteiger partial charge in [0.25, 0.3) is 10.0 Å². The highest BCUT2D eigenvalue weighted by molar-refractivity contribution is 7.92. The third-order valence-corrected chi connectivity index (χ3v) is 10.1. The number of anilines is 1. The van der Waals surface area contributed by atoms with E-state index in [0.717, 1.165) is 15.4 Å². The molecule has 8 nitrogen and oxygen atoms in total. The monoisotopic (exact) mass is 599 g/mol. The first-order valence-corrected chi connectivity index (χ1v) is 16.1. The maximum Gasteiger partial charge on any atom is 0.317 e. The Morgan fingerprint density at radius 1 is 0.953 bits per heavy atom. The van der Waals surface area contributed by atoms with Gasteiger partial charge in [0.05, 0.1) is 5.69 Å². The standard InChI is InChI=1S/C34H37N3O5S/c1-3-29(27-15-10-16-28(23-27)37(2)43(40,41)33-35-21-22-36-33)31-30(38)24-34(42-32(31)39,19-17-25-11-6-4-7-12-25)20-18-26-13-8-5-9-14-26/h4-16,21-23,29,31H,3,17-20,24H2,1-2H3,(H,35,36). The molecule has 5 rings (SSSR count). The van der Waals surface area contributed by atoms with Crippen molar-refractivity contribution < 1.29 is 22.7 Å². The van der Waals surface area contributed by atoms with Crippen LogP contribution in [0.1, 0.15) is 55.2 Å². The Morgan fingerprint density at radius 3 is 2.12 bits per heavy atom. The number of aromatic amines is 1. The van der Waals surface area contributed by atoms with Crippen molar-refractivity contribution in [1.82, 2.24) is 9.97 Å². The number of imidazole rings is 1. The van der Waals surface area contributed by atoms with E-state index in [1.807, 2.05) is 73.7 Å². The van der Waals surface area contributed by atoms with Gasteiger partial charge in [0.2, 0.25) is 5.16 Å². The van der Waals surface area contributed by atoms with E-state index in [0.29, 0.717) is 43.4 Å². The molecule has 4 aromatic rings. The van der Waals surface area contributed by atoms with E-state index in [4.69, 9.17) is 4.74 Å². The number of carbonyl (C=O) groups excluding carboxylic acids is 2. The first-order valence-electron chi connectivity index (χ1n) is 14.6. The summed E-state index contributed by atoms with van der Waals surface area (Å²) in [4.78, 5) is 34.3. The molecular weight excluding hydrogens is 562 g/mol. The number of hydrogen-bond acceptors (Lipinski definition) is 6. The van der Waals surface area contributed by atoms with E-state index in [1.54, 1.807) is 18.2 Å². The summed E-state index contributed by atoms with van der Waals surface area (Å²) in [6.07, 6.45) is 5.96. The molecule has 0 bridgehead atoms. The van der Waals surface area contributed by atoms with Crippen LogP contribution in [0.3, 0.4) is 0 Å². The van der Waals surface area contributed by atoms with Crippen LogP contribution in [0.5, 0.6) is 0 Å². The number of ether oxygens (including phenoxy) is 1. The van der Waals surface area contributed by atoms with Crippen LogP contribution < -0.4 is 4.31 Å². The van der Waals surface area contributed by atoms with E-state index < -0.39 is 33.4 Å². The van der Waals surface area contributed by atoms with Crippen molar-refractivity contribution in [3.8, 4) is 0 Å². The van der Waals surface area contributed by atoms with Crippen LogP contribution in [-0.2, 0) is 37.2 Å². The molecule has 2 unspecified atom stereocenters. The summed E-state index contributed by atoms with van der Waals surface area (Å²) in [5, 5.41) is -0.166. The number of ketones is 1. The second kappa shape index (κ2) is 13.0. The number of hydrogen-bond donors (Lipinski definition) is 1. The molecule has 0 aliphatic carbocycles. The molecular formula is C34H37N3O5S. The number of sulfonamides is 1. The number of carbonyl (C=O) groups is 2. The molecule has 0 amide bonds. The zero-order chi connectivity index (χ0) is 30.5. The topological polar surface area (TPSA) is 109 Å². The Kier molecular flexibility index (Phi) is 9.11. The quantitative estimate of drug-likeness (QED) is 0.161. The number of benzene rings is 3. The predicted octanol–water partition coefficient (Wildman–Crippen LogP) is 5.87. The smallest absolute Gasteiger partial charge is 0.317 e. The summed E-state index contributed by atoms with van der Waals surface area (Å²) in [6, 6.07) is 27.0. The Labute approximate surface area is 253 Å². The lowest BCUT2D eigenvalue weighted by atomic mass is 9.73. The van der Waals surface area contributed by atoms with Gasteiger partial charge in [0, 0.05) is 31.8 Å². The van der Waals surface area contributed by atoms with Crippen LogP contribution in [0.25, 0.3) is 0 Å². The average Bonchev–Trinajstić information content (AvgIpc) is 3.58. The normalized spacial score (nSPS) is 17.3. The van der Waals surface area contributed by atoms with E-state index in [-0.39, 0.29) is 17.4 Å². The Morgan fingerprint density at radius 2 is 1.58 bits per heavy atom. The molecule has 1 aromatic heterocycles. The fraction of sp³-hybridized carbons (Fsp3) is 0.324. The largest absolute Gasteiger partial charge is 0.458 e. The molecule has 43 heavy (non-hydrogen) atoms. The molecule has 1 aliphatic heterocycles. The molecule has 1 aliphatic rings. The minimum absolute atomic E-state index is 0.133. The third kappa shape index (κ3) is 6.72. The van der Waals surface area contributed by atoms with Gasteiger partial charge in [-0.15, -0.1) is 0 Å². The van der Waals surface area contributed by atoms with Crippen LogP contribution in [-0.4, -0.2) is 42.8 Å². The summed E-state index contributed by atoms with van der Waals surface area (Å²) in [7, 11) is -2.46. The fourth-order valence-electron chi connectivity index (χ4n) is 5.97. The molecule has 0 radical (unpaired) electrons. The minimum atomic E-state index is -3.91. The van der Waals surface area contributed by atoms with Gasteiger partial charge >= 0.3 is 5.97 Å². The van der Waals surface area contributed by atoms with Crippen molar-refractivity contribution in [3.05, 3.63) is 114 Å². The zero-order valence-corrected chi connectivity index (χ0v) is 25.3. The Hall–Kier alpha value is -4.24. The van der Waals surface area contributed by atoms with Crippen LogP contribution in [0.4, 0.5) is 5.69 Å². The molecule has 2 heterocycles. The summed E-state index contributed by atoms with van der Waals surface area (Å²) in [6.45, 7) is 1.92. The van der Waals surface area contributed by atoms with Gasteiger partial charge in [0.1, 0.15) is 11.5 Å². The van der Waals surface area contributed by atoms with Gasteiger partial charge in [-0.25, -0.2) is 4.98 Å². The van der Waals surface area contributed by atoms with Crippen molar-refractivity contribution in [2.24, 2.45) is 5.92 Å². The maximum absolute atomic E-state index is 13.9. The van der Waals surface area contributed by atoms with Crippen molar-refractivity contribution in [3.63, 3.8) is 0 Å². The van der Waals surface area contributed by atoms with Gasteiger partial charge in [-0.2, -0.15) is 8.42 Å². The van der Waals surface area contributed by atoms with E-state index >= 15 is 0 Å². The lowest BCUT2D eigenvalue weighted by Gasteiger charge is -2.41. The molecule has 1 saturated heterocycles. The van der Waals surface area contributed by atoms with Crippen LogP contribution in [0.2, 0.25) is 0 Å². The van der Waals surface area contributed by atoms with E-state index in [1.165, 1.54) is 19.4 Å². The summed E-state index contributed by atoms with van der Waals surface area (Å²) < 4.78 is 33.6. The van der Waals surface area contributed by atoms with Crippen LogP contribution in [0.15, 0.2) is 102 Å². The zero-order valence-electron chi connectivity index (χ0n) is 24.5. The maximum atomic E-state index is 13.9. The minimum Gasteiger partial charge on any atom is -0.458 e. The van der Waals surface area contributed by atoms with Crippen LogP contribution in [0, 0.1) is 5.92 Å². The molecule has 0 spiro atoms. The van der Waals surface area contributed by atoms with Gasteiger partial charge < -0.3 is 9.72 Å². The number of nitrogens with one attached hydrogen (secondary N) is 1. The van der Waals surface area contributed by atoms with Gasteiger partial charge in [-0.3, -0.25) is 13.9 Å². The lowest BCUT2D eigenvalue weighted by molar-refractivity contribution is -0.180. The summed E-state index contributed by atoms with van der Waals surface area (Å²) >= 11 is 0. The number of esters is 1. The lowest BCUT2D eigenvalue weighted by Crippen LogP contribution is -2.49. The molecule has 0 saturated carbocycles. The highest BCUT2D eigenvalue weighted by atomic mass is 32.2. The highest BCUT2D eigenvalue weighted by Crippen LogP contribution is 2.41. The van der Waals surface area contributed by atoms with Gasteiger partial charge in [0.15, 0.2) is 5.78 Å². The molecule has 3 aromatic carbocycles. The Balaban J connectivity index is 1.38. The average molecular weight is 600 g/mol. The first-order chi connectivity index (χ1) is 20.7. The third-order valence-electron chi connectivity index (χ3n) is 8.42. The van der Waals surface area contributed by atoms with Gasteiger partial charge in [-0.1, -0.05) is 79.7 Å². The van der Waals surface area contributed by atoms with Crippen molar-refractivity contribution >= 4 is 27.5 Å². The number of Topliss-reactive ketones (excluding diaryl/α,β-unsaturated/α-hetero) is 1. The van der Waals surface area contributed by atoms with Crippen LogP contribution >= 0.6 is 0 Å². The molecule has 1 fully saturated rings. The van der Waals surface area contributed by atoms with Crippen molar-refractivity contribution in [1.29, 1.82) is 0 Å². The second-order valence-electron chi connectivity index (χ2n) is 11.2. The number of aryl methyl sites for hydroxylation is 2.